The van der Waals surface area contributed by atoms with Crippen LogP contribution in [0.5, 0.6) is 0 Å². The highest BCUT2D eigenvalue weighted by Crippen LogP contribution is 2.29. The van der Waals surface area contributed by atoms with E-state index in [1.165, 1.54) is 19.3 Å². The van der Waals surface area contributed by atoms with Crippen LogP contribution in [0.15, 0.2) is 0 Å². The summed E-state index contributed by atoms with van der Waals surface area (Å²) in [6.07, 6.45) is 3.64. The van der Waals surface area contributed by atoms with Crippen molar-refractivity contribution in [2.45, 2.75) is 47.0 Å². The first-order valence-electron chi connectivity index (χ1n) is 6.32. The van der Waals surface area contributed by atoms with Crippen LogP contribution in [0, 0.1) is 11.3 Å². The van der Waals surface area contributed by atoms with Crippen molar-refractivity contribution in [3.8, 4) is 0 Å². The Balaban J connectivity index is 3.84. The van der Waals surface area contributed by atoms with Crippen LogP contribution >= 0.6 is 0 Å². The Morgan fingerprint density at radius 2 is 1.80 bits per heavy atom. The number of hydrogen-bond acceptors (Lipinski definition) is 2. The van der Waals surface area contributed by atoms with Gasteiger partial charge in [-0.05, 0) is 37.6 Å². The Hall–Kier alpha value is -0.0800. The number of nitrogens with one attached hydrogen (secondary N) is 1. The van der Waals surface area contributed by atoms with Gasteiger partial charge >= 0.3 is 0 Å². The normalized spacial score (nSPS) is 12.4. The summed E-state index contributed by atoms with van der Waals surface area (Å²) in [5.41, 5.74) is 0.436. The SMILES string of the molecule is CCC(CC)(CCOCC(C)C)CNC. The molecule has 0 aromatic heterocycles. The second-order valence-electron chi connectivity index (χ2n) is 4.96. The van der Waals surface area contributed by atoms with Gasteiger partial charge in [-0.25, -0.2) is 0 Å². The molecule has 0 aliphatic heterocycles. The van der Waals surface area contributed by atoms with Gasteiger partial charge in [-0.15, -0.1) is 0 Å². The molecule has 0 fully saturated rings. The summed E-state index contributed by atoms with van der Waals surface area (Å²) in [7, 11) is 2.04. The standard InChI is InChI=1S/C13H29NO/c1-6-13(7-2,11-14-5)8-9-15-10-12(3)4/h12,14H,6-11H2,1-5H3. The second-order valence-corrected chi connectivity index (χ2v) is 4.96. The van der Waals surface area contributed by atoms with E-state index in [0.29, 0.717) is 11.3 Å². The largest absolute Gasteiger partial charge is 0.381 e. The number of hydrogen-bond donors (Lipinski definition) is 1. The molecule has 0 radical (unpaired) electrons. The van der Waals surface area contributed by atoms with Crippen molar-refractivity contribution < 1.29 is 4.74 Å². The van der Waals surface area contributed by atoms with Gasteiger partial charge in [0, 0.05) is 19.8 Å². The summed E-state index contributed by atoms with van der Waals surface area (Å²) in [6, 6.07) is 0. The molecule has 0 atom stereocenters. The van der Waals surface area contributed by atoms with E-state index in [2.05, 4.69) is 33.0 Å². The van der Waals surface area contributed by atoms with Crippen molar-refractivity contribution in [3.63, 3.8) is 0 Å². The van der Waals surface area contributed by atoms with E-state index >= 15 is 0 Å². The van der Waals surface area contributed by atoms with Gasteiger partial charge in [0.1, 0.15) is 0 Å². The minimum atomic E-state index is 0.436. The second kappa shape index (κ2) is 8.12. The van der Waals surface area contributed by atoms with E-state index in [1.807, 2.05) is 7.05 Å². The lowest BCUT2D eigenvalue weighted by Gasteiger charge is -2.31. The summed E-state index contributed by atoms with van der Waals surface area (Å²) in [4.78, 5) is 0. The molecule has 1 N–H and O–H groups in total. The zero-order valence-electron chi connectivity index (χ0n) is 11.2. The van der Waals surface area contributed by atoms with Crippen LogP contribution < -0.4 is 5.32 Å². The molecule has 0 aliphatic carbocycles. The zero-order chi connectivity index (χ0) is 11.7. The Morgan fingerprint density at radius 3 is 2.20 bits per heavy atom. The molecule has 0 spiro atoms. The third-order valence-electron chi connectivity index (χ3n) is 3.28. The summed E-state index contributed by atoms with van der Waals surface area (Å²) in [5.74, 6) is 0.645. The molecule has 0 saturated heterocycles. The van der Waals surface area contributed by atoms with Crippen molar-refractivity contribution >= 4 is 0 Å². The molecule has 2 nitrogen and oxygen atoms in total. The van der Waals surface area contributed by atoms with Crippen LogP contribution in [0.25, 0.3) is 0 Å². The van der Waals surface area contributed by atoms with Gasteiger partial charge in [0.05, 0.1) is 0 Å². The molecule has 0 heterocycles. The highest BCUT2D eigenvalue weighted by molar-refractivity contribution is 4.78. The van der Waals surface area contributed by atoms with E-state index in [9.17, 15) is 0 Å². The molecule has 0 unspecified atom stereocenters. The first-order chi connectivity index (χ1) is 7.10. The topological polar surface area (TPSA) is 21.3 Å². The average molecular weight is 215 g/mol. The van der Waals surface area contributed by atoms with Crippen LogP contribution in [0.2, 0.25) is 0 Å². The lowest BCUT2D eigenvalue weighted by molar-refractivity contribution is 0.0728. The molecule has 2 heteroatoms. The third-order valence-corrected chi connectivity index (χ3v) is 3.28. The van der Waals surface area contributed by atoms with Crippen molar-refractivity contribution in [3.05, 3.63) is 0 Å². The van der Waals surface area contributed by atoms with Crippen LogP contribution in [-0.4, -0.2) is 26.8 Å². The van der Waals surface area contributed by atoms with E-state index in [0.717, 1.165) is 19.8 Å². The first kappa shape index (κ1) is 14.9. The maximum absolute atomic E-state index is 5.67. The molecule has 0 aromatic rings. The Bertz CT molecular complexity index is 141. The summed E-state index contributed by atoms with van der Waals surface area (Å²) in [5, 5.41) is 3.30. The maximum Gasteiger partial charge on any atom is 0.0488 e. The summed E-state index contributed by atoms with van der Waals surface area (Å²) >= 11 is 0. The summed E-state index contributed by atoms with van der Waals surface area (Å²) < 4.78 is 5.67. The van der Waals surface area contributed by atoms with Crippen molar-refractivity contribution in [2.24, 2.45) is 11.3 Å². The number of rotatable bonds is 9. The lowest BCUT2D eigenvalue weighted by atomic mass is 9.79. The molecule has 0 aliphatic rings. The van der Waals surface area contributed by atoms with Crippen LogP contribution in [-0.2, 0) is 4.74 Å². The monoisotopic (exact) mass is 215 g/mol. The molecule has 0 rings (SSSR count). The quantitative estimate of drug-likeness (QED) is 0.597. The van der Waals surface area contributed by atoms with Gasteiger partial charge in [0.15, 0.2) is 0 Å². The predicted octanol–water partition coefficient (Wildman–Crippen LogP) is 3.07. The lowest BCUT2D eigenvalue weighted by Crippen LogP contribution is -2.32. The minimum absolute atomic E-state index is 0.436. The van der Waals surface area contributed by atoms with Crippen LogP contribution in [0.4, 0.5) is 0 Å². The number of ether oxygens (including phenoxy) is 1. The van der Waals surface area contributed by atoms with Gasteiger partial charge in [0.25, 0.3) is 0 Å². The van der Waals surface area contributed by atoms with Gasteiger partial charge in [-0.3, -0.25) is 0 Å². The molecule has 92 valence electrons. The van der Waals surface area contributed by atoms with Crippen molar-refractivity contribution in [2.75, 3.05) is 26.8 Å². The Labute approximate surface area is 95.8 Å². The fourth-order valence-corrected chi connectivity index (χ4v) is 1.92. The molecule has 0 aromatic carbocycles. The first-order valence-corrected chi connectivity index (χ1v) is 6.32. The molecular formula is C13H29NO. The Morgan fingerprint density at radius 1 is 1.20 bits per heavy atom. The highest BCUT2D eigenvalue weighted by atomic mass is 16.5. The molecule has 0 amide bonds. The zero-order valence-corrected chi connectivity index (χ0v) is 11.2. The average Bonchev–Trinajstić information content (AvgIpc) is 2.22. The summed E-state index contributed by atoms with van der Waals surface area (Å²) in [6.45, 7) is 11.9. The minimum Gasteiger partial charge on any atom is -0.381 e. The van der Waals surface area contributed by atoms with Gasteiger partial charge in [-0.2, -0.15) is 0 Å². The predicted molar refractivity (Wildman–Crippen MR) is 67.2 cm³/mol. The fraction of sp³-hybridized carbons (Fsp3) is 1.00. The van der Waals surface area contributed by atoms with Crippen LogP contribution in [0.3, 0.4) is 0 Å². The van der Waals surface area contributed by atoms with E-state index in [4.69, 9.17) is 4.74 Å². The van der Waals surface area contributed by atoms with Gasteiger partial charge in [-0.1, -0.05) is 27.7 Å². The molecule has 0 saturated carbocycles. The van der Waals surface area contributed by atoms with Crippen molar-refractivity contribution in [1.82, 2.24) is 5.32 Å². The van der Waals surface area contributed by atoms with E-state index < -0.39 is 0 Å². The smallest absolute Gasteiger partial charge is 0.0488 e. The van der Waals surface area contributed by atoms with Gasteiger partial charge < -0.3 is 10.1 Å². The maximum atomic E-state index is 5.67. The third kappa shape index (κ3) is 6.16. The molecule has 0 bridgehead atoms. The van der Waals surface area contributed by atoms with E-state index in [1.54, 1.807) is 0 Å². The van der Waals surface area contributed by atoms with Crippen molar-refractivity contribution in [1.29, 1.82) is 0 Å². The Kier molecular flexibility index (Phi) is 8.07. The molecular weight excluding hydrogens is 186 g/mol. The van der Waals surface area contributed by atoms with Crippen LogP contribution in [0.1, 0.15) is 47.0 Å². The molecule has 15 heavy (non-hydrogen) atoms. The highest BCUT2D eigenvalue weighted by Gasteiger charge is 2.24. The van der Waals surface area contributed by atoms with E-state index in [-0.39, 0.29) is 0 Å². The fourth-order valence-electron chi connectivity index (χ4n) is 1.92. The van der Waals surface area contributed by atoms with Gasteiger partial charge in [0.2, 0.25) is 0 Å².